The number of hydrogen-bond donors (Lipinski definition) is 1. The molecule has 4 fully saturated rings. The van der Waals surface area contributed by atoms with E-state index in [-0.39, 0.29) is 18.1 Å². The number of rotatable bonds is 3. The highest BCUT2D eigenvalue weighted by Crippen LogP contribution is 2.72. The summed E-state index contributed by atoms with van der Waals surface area (Å²) in [6.07, 6.45) is 3.81. The van der Waals surface area contributed by atoms with Crippen LogP contribution in [0.4, 0.5) is 4.39 Å². The summed E-state index contributed by atoms with van der Waals surface area (Å²) in [6, 6.07) is 0. The molecule has 1 heterocycles. The summed E-state index contributed by atoms with van der Waals surface area (Å²) in [5.74, 6) is -3.11. The van der Waals surface area contributed by atoms with Crippen LogP contribution in [0.5, 0.6) is 0 Å². The van der Waals surface area contributed by atoms with Gasteiger partial charge in [-0.05, 0) is 64.5 Å². The Morgan fingerprint density at radius 1 is 1.24 bits per heavy atom. The first-order valence-corrected chi connectivity index (χ1v) is 12.1. The topological polar surface area (TPSA) is 99.1 Å². The van der Waals surface area contributed by atoms with E-state index in [0.29, 0.717) is 24.8 Å². The second-order valence-corrected chi connectivity index (χ2v) is 11.5. The molecule has 0 bridgehead atoms. The molecular formula is C26H33FO7. The lowest BCUT2D eigenvalue weighted by atomic mass is 9.44. The van der Waals surface area contributed by atoms with Crippen molar-refractivity contribution < 1.29 is 38.1 Å². The highest BCUT2D eigenvalue weighted by molar-refractivity contribution is 6.01. The molecule has 0 aromatic carbocycles. The maximum Gasteiger partial charge on any atom is 0.303 e. The van der Waals surface area contributed by atoms with E-state index in [0.717, 1.165) is 0 Å². The van der Waals surface area contributed by atoms with E-state index in [1.807, 2.05) is 6.92 Å². The third kappa shape index (κ3) is 2.76. The number of carbonyl (C=O) groups excluding carboxylic acids is 3. The molecule has 1 saturated heterocycles. The molecular weight excluding hydrogens is 443 g/mol. The number of esters is 1. The number of aliphatic hydroxyl groups is 1. The fourth-order valence-corrected chi connectivity index (χ4v) is 8.08. The number of carbonyl (C=O) groups is 3. The minimum absolute atomic E-state index is 0.0168. The molecule has 7 nitrogen and oxygen atoms in total. The first-order chi connectivity index (χ1) is 15.7. The normalized spacial score (nSPS) is 48.3. The minimum atomic E-state index is -2.01. The first-order valence-electron chi connectivity index (χ1n) is 12.1. The molecule has 3 unspecified atom stereocenters. The summed E-state index contributed by atoms with van der Waals surface area (Å²) in [7, 11) is 0. The van der Waals surface area contributed by atoms with E-state index in [1.54, 1.807) is 26.8 Å². The fraction of sp³-hybridized carbons (Fsp3) is 0.731. The molecule has 1 aliphatic heterocycles. The van der Waals surface area contributed by atoms with Crippen molar-refractivity contribution in [2.75, 3.05) is 6.61 Å². The van der Waals surface area contributed by atoms with Crippen LogP contribution in [0.25, 0.3) is 0 Å². The van der Waals surface area contributed by atoms with Crippen LogP contribution >= 0.6 is 0 Å². The van der Waals surface area contributed by atoms with Gasteiger partial charge in [0.1, 0.15) is 0 Å². The van der Waals surface area contributed by atoms with Crippen LogP contribution in [-0.4, -0.2) is 58.5 Å². The van der Waals surface area contributed by atoms with Gasteiger partial charge in [-0.3, -0.25) is 14.4 Å². The summed E-state index contributed by atoms with van der Waals surface area (Å²) in [6.45, 7) is 7.86. The molecule has 5 rings (SSSR count). The summed E-state index contributed by atoms with van der Waals surface area (Å²) in [5, 5.41) is 11.5. The Kier molecular flexibility index (Phi) is 4.96. The molecule has 3 saturated carbocycles. The number of ketones is 2. The van der Waals surface area contributed by atoms with Crippen LogP contribution in [0.15, 0.2) is 23.8 Å². The zero-order valence-electron chi connectivity index (χ0n) is 20.4. The van der Waals surface area contributed by atoms with Gasteiger partial charge in [-0.2, -0.15) is 0 Å². The Morgan fingerprint density at radius 3 is 2.62 bits per heavy atom. The number of allylic oxidation sites excluding steroid dienone is 4. The van der Waals surface area contributed by atoms with Crippen molar-refractivity contribution in [3.05, 3.63) is 23.8 Å². The molecule has 186 valence electrons. The second-order valence-electron chi connectivity index (χ2n) is 11.5. The summed E-state index contributed by atoms with van der Waals surface area (Å²) >= 11 is 0. The molecule has 4 aliphatic carbocycles. The largest absolute Gasteiger partial charge is 0.458 e. The average molecular weight is 477 g/mol. The summed E-state index contributed by atoms with van der Waals surface area (Å²) < 4.78 is 34.9. The van der Waals surface area contributed by atoms with Gasteiger partial charge in [-0.1, -0.05) is 18.6 Å². The van der Waals surface area contributed by atoms with Crippen LogP contribution in [0.2, 0.25) is 0 Å². The maximum atomic E-state index is 17.3. The second kappa shape index (κ2) is 7.08. The number of Topliss-reactive ketones (excluding diaryl/α,β-unsaturated/α-hetero) is 1. The molecule has 8 atom stereocenters. The first kappa shape index (κ1) is 23.8. The Bertz CT molecular complexity index is 1030. The van der Waals surface area contributed by atoms with Crippen LogP contribution in [0.3, 0.4) is 0 Å². The number of alkyl halides is 1. The van der Waals surface area contributed by atoms with Gasteiger partial charge in [0, 0.05) is 23.7 Å². The van der Waals surface area contributed by atoms with E-state index < -0.39 is 64.4 Å². The predicted octanol–water partition coefficient (Wildman–Crippen LogP) is 2.99. The molecule has 0 spiro atoms. The monoisotopic (exact) mass is 476 g/mol. The number of ether oxygens (including phenoxy) is 3. The fourth-order valence-electron chi connectivity index (χ4n) is 8.08. The Morgan fingerprint density at radius 2 is 1.94 bits per heavy atom. The van der Waals surface area contributed by atoms with Gasteiger partial charge < -0.3 is 19.3 Å². The lowest BCUT2D eigenvalue weighted by molar-refractivity contribution is -0.246. The standard InChI is InChI=1S/C26H33FO7/c1-14(28)32-13-20(31)26-21(33-22(2,3)34-26)11-18-17-7-6-15-10-16(29)8-9-23(15,4)25(17,27)19(30)12-24(18,26)5/h8-10,17-19,21,30H,6-7,11-13H2,1-5H3/t17?,18?,19-,21+,23-,24-,25?,26+/m0/s1. The number of aliphatic hydroxyl groups excluding tert-OH is 1. The molecule has 0 aromatic heterocycles. The van der Waals surface area contributed by atoms with Crippen molar-refractivity contribution in [1.29, 1.82) is 0 Å². The van der Waals surface area contributed by atoms with Crippen LogP contribution in [0, 0.1) is 22.7 Å². The maximum absolute atomic E-state index is 17.3. The van der Waals surface area contributed by atoms with Gasteiger partial charge >= 0.3 is 5.97 Å². The van der Waals surface area contributed by atoms with Crippen molar-refractivity contribution in [2.45, 2.75) is 89.6 Å². The molecule has 5 aliphatic rings. The zero-order chi connectivity index (χ0) is 24.9. The van der Waals surface area contributed by atoms with E-state index in [2.05, 4.69) is 0 Å². The quantitative estimate of drug-likeness (QED) is 0.625. The molecule has 34 heavy (non-hydrogen) atoms. The minimum Gasteiger partial charge on any atom is -0.458 e. The SMILES string of the molecule is CC(=O)OCC(=O)[C@@]12OC(C)(C)O[C@@H]1CC1C3CCC4=CC(=O)C=C[C@]4(C)C3(F)[C@@H](O)C[C@@]12C. The van der Waals surface area contributed by atoms with Crippen molar-refractivity contribution in [3.8, 4) is 0 Å². The van der Waals surface area contributed by atoms with E-state index in [4.69, 9.17) is 14.2 Å². The van der Waals surface area contributed by atoms with E-state index in [9.17, 15) is 19.5 Å². The molecule has 0 amide bonds. The van der Waals surface area contributed by atoms with Crippen LogP contribution in [-0.2, 0) is 28.6 Å². The number of fused-ring (bicyclic) bond motifs is 7. The summed E-state index contributed by atoms with van der Waals surface area (Å²) in [4.78, 5) is 37.1. The van der Waals surface area contributed by atoms with Crippen molar-refractivity contribution in [2.24, 2.45) is 22.7 Å². The lowest BCUT2D eigenvalue weighted by Crippen LogP contribution is -2.70. The molecule has 0 aromatic rings. The van der Waals surface area contributed by atoms with Gasteiger partial charge in [0.2, 0.25) is 5.78 Å². The highest BCUT2D eigenvalue weighted by atomic mass is 19.1. The predicted molar refractivity (Wildman–Crippen MR) is 118 cm³/mol. The van der Waals surface area contributed by atoms with Crippen LogP contribution < -0.4 is 0 Å². The average Bonchev–Trinajstić information content (AvgIpc) is 3.14. The third-order valence-corrected chi connectivity index (χ3v) is 9.45. The van der Waals surface area contributed by atoms with Gasteiger partial charge in [-0.15, -0.1) is 0 Å². The molecule has 1 N–H and O–H groups in total. The highest BCUT2D eigenvalue weighted by Gasteiger charge is 2.80. The van der Waals surface area contributed by atoms with Crippen molar-refractivity contribution >= 4 is 17.5 Å². The Labute approximate surface area is 198 Å². The number of halogens is 1. The molecule has 8 heteroatoms. The van der Waals surface area contributed by atoms with Gasteiger partial charge in [0.25, 0.3) is 0 Å². The van der Waals surface area contributed by atoms with E-state index in [1.165, 1.54) is 19.1 Å². The summed E-state index contributed by atoms with van der Waals surface area (Å²) in [5.41, 5.74) is -4.82. The smallest absolute Gasteiger partial charge is 0.303 e. The Balaban J connectivity index is 1.60. The van der Waals surface area contributed by atoms with E-state index >= 15 is 4.39 Å². The van der Waals surface area contributed by atoms with Gasteiger partial charge in [0.15, 0.2) is 29.4 Å². The Hall–Kier alpha value is -1.90. The number of hydrogen-bond acceptors (Lipinski definition) is 7. The van der Waals surface area contributed by atoms with Crippen LogP contribution in [0.1, 0.15) is 60.3 Å². The van der Waals surface area contributed by atoms with Crippen molar-refractivity contribution in [1.82, 2.24) is 0 Å². The van der Waals surface area contributed by atoms with Crippen molar-refractivity contribution in [3.63, 3.8) is 0 Å². The zero-order valence-corrected chi connectivity index (χ0v) is 20.4. The third-order valence-electron chi connectivity index (χ3n) is 9.45. The van der Waals surface area contributed by atoms with Gasteiger partial charge in [0.05, 0.1) is 12.2 Å². The molecule has 0 radical (unpaired) electrons. The lowest BCUT2D eigenvalue weighted by Gasteiger charge is -2.62. The van der Waals surface area contributed by atoms with Gasteiger partial charge in [-0.25, -0.2) is 4.39 Å².